The number of rotatable bonds is 4. The summed E-state index contributed by atoms with van der Waals surface area (Å²) in [5.74, 6) is -0.839. The zero-order valence-electron chi connectivity index (χ0n) is 13.0. The molecule has 2 rings (SSSR count). The lowest BCUT2D eigenvalue weighted by Crippen LogP contribution is -2.22. The minimum absolute atomic E-state index is 0.305. The molecule has 0 aromatic heterocycles. The lowest BCUT2D eigenvalue weighted by molar-refractivity contribution is -0.119. The van der Waals surface area contributed by atoms with E-state index in [1.807, 2.05) is 51.1 Å². The minimum Gasteiger partial charge on any atom is -0.452 e. The average molecular weight is 297 g/mol. The van der Waals surface area contributed by atoms with Gasteiger partial charge in [-0.3, -0.25) is 4.79 Å². The largest absolute Gasteiger partial charge is 0.452 e. The summed E-state index contributed by atoms with van der Waals surface area (Å²) in [6, 6.07) is 12.9. The molecule has 4 heteroatoms. The number of carbonyl (C=O) groups excluding carboxylic acids is 2. The Bertz CT molecular complexity index is 687. The Kier molecular flexibility index (Phi) is 4.94. The number of benzene rings is 2. The molecule has 2 aromatic rings. The molecule has 0 fully saturated rings. The van der Waals surface area contributed by atoms with E-state index in [2.05, 4.69) is 5.32 Å². The van der Waals surface area contributed by atoms with Gasteiger partial charge in [0, 0.05) is 5.69 Å². The molecular formula is C18H19NO3. The summed E-state index contributed by atoms with van der Waals surface area (Å²) in [6.07, 6.45) is 0. The van der Waals surface area contributed by atoms with Crippen molar-refractivity contribution in [2.75, 3.05) is 11.9 Å². The maximum atomic E-state index is 12.0. The lowest BCUT2D eigenvalue weighted by Gasteiger charge is -2.12. The highest BCUT2D eigenvalue weighted by Gasteiger charge is 2.13. The highest BCUT2D eigenvalue weighted by atomic mass is 16.5. The lowest BCUT2D eigenvalue weighted by atomic mass is 10.1. The van der Waals surface area contributed by atoms with Crippen molar-refractivity contribution in [1.29, 1.82) is 0 Å². The van der Waals surface area contributed by atoms with Gasteiger partial charge in [0.15, 0.2) is 6.61 Å². The van der Waals surface area contributed by atoms with Crippen molar-refractivity contribution in [2.24, 2.45) is 0 Å². The third-order valence-electron chi connectivity index (χ3n) is 3.44. The number of amides is 1. The van der Waals surface area contributed by atoms with Crippen LogP contribution in [0, 0.1) is 20.8 Å². The maximum absolute atomic E-state index is 12.0. The molecule has 0 heterocycles. The fourth-order valence-corrected chi connectivity index (χ4v) is 2.20. The van der Waals surface area contributed by atoms with E-state index in [9.17, 15) is 9.59 Å². The van der Waals surface area contributed by atoms with E-state index >= 15 is 0 Å². The summed E-state index contributed by atoms with van der Waals surface area (Å²) in [7, 11) is 0. The van der Waals surface area contributed by atoms with Crippen LogP contribution in [0.25, 0.3) is 0 Å². The number of esters is 1. The van der Waals surface area contributed by atoms with Crippen LogP contribution in [0.4, 0.5) is 5.69 Å². The normalized spacial score (nSPS) is 10.1. The van der Waals surface area contributed by atoms with Gasteiger partial charge in [0.05, 0.1) is 5.56 Å². The Morgan fingerprint density at radius 2 is 1.50 bits per heavy atom. The average Bonchev–Trinajstić information content (AvgIpc) is 2.49. The molecule has 0 spiro atoms. The second-order valence-electron chi connectivity index (χ2n) is 5.21. The number of ether oxygens (including phenoxy) is 1. The van der Waals surface area contributed by atoms with Gasteiger partial charge in [-0.15, -0.1) is 0 Å². The summed E-state index contributed by atoms with van der Waals surface area (Å²) in [6.45, 7) is 5.36. The zero-order valence-corrected chi connectivity index (χ0v) is 13.0. The molecule has 4 nitrogen and oxygen atoms in total. The molecule has 22 heavy (non-hydrogen) atoms. The molecule has 1 N–H and O–H groups in total. The van der Waals surface area contributed by atoms with Crippen molar-refractivity contribution < 1.29 is 14.3 Å². The van der Waals surface area contributed by atoms with E-state index in [1.54, 1.807) is 12.1 Å². The monoisotopic (exact) mass is 297 g/mol. The first kappa shape index (κ1) is 15.8. The molecule has 0 saturated heterocycles. The fourth-order valence-electron chi connectivity index (χ4n) is 2.20. The highest BCUT2D eigenvalue weighted by Crippen LogP contribution is 2.19. The van der Waals surface area contributed by atoms with E-state index in [4.69, 9.17) is 4.74 Å². The van der Waals surface area contributed by atoms with E-state index in [0.717, 1.165) is 22.4 Å². The first-order valence-electron chi connectivity index (χ1n) is 7.08. The van der Waals surface area contributed by atoms with Crippen molar-refractivity contribution >= 4 is 17.6 Å². The van der Waals surface area contributed by atoms with Crippen molar-refractivity contribution in [2.45, 2.75) is 20.8 Å². The van der Waals surface area contributed by atoms with Crippen LogP contribution in [0.5, 0.6) is 0 Å². The SMILES string of the molecule is Cc1ccccc1C(=O)OCC(=O)Nc1c(C)cccc1C. The van der Waals surface area contributed by atoms with Gasteiger partial charge in [0.2, 0.25) is 0 Å². The number of para-hydroxylation sites is 1. The zero-order chi connectivity index (χ0) is 16.1. The van der Waals surface area contributed by atoms with Gasteiger partial charge >= 0.3 is 5.97 Å². The summed E-state index contributed by atoms with van der Waals surface area (Å²) in [5.41, 5.74) is 4.00. The van der Waals surface area contributed by atoms with Gasteiger partial charge in [-0.1, -0.05) is 36.4 Å². The topological polar surface area (TPSA) is 55.4 Å². The third-order valence-corrected chi connectivity index (χ3v) is 3.44. The van der Waals surface area contributed by atoms with Crippen molar-refractivity contribution in [1.82, 2.24) is 0 Å². The summed E-state index contributed by atoms with van der Waals surface area (Å²) in [4.78, 5) is 23.9. The van der Waals surface area contributed by atoms with Crippen molar-refractivity contribution in [3.63, 3.8) is 0 Å². The molecule has 0 radical (unpaired) electrons. The quantitative estimate of drug-likeness (QED) is 0.880. The Morgan fingerprint density at radius 3 is 2.14 bits per heavy atom. The molecule has 0 aliphatic rings. The Hall–Kier alpha value is -2.62. The predicted molar refractivity (Wildman–Crippen MR) is 86.0 cm³/mol. The van der Waals surface area contributed by atoms with Crippen LogP contribution in [-0.4, -0.2) is 18.5 Å². The molecule has 0 aliphatic carbocycles. The number of hydrogen-bond donors (Lipinski definition) is 1. The Morgan fingerprint density at radius 1 is 0.909 bits per heavy atom. The minimum atomic E-state index is -0.491. The van der Waals surface area contributed by atoms with E-state index in [0.29, 0.717) is 5.56 Å². The van der Waals surface area contributed by atoms with Gasteiger partial charge in [0.1, 0.15) is 0 Å². The van der Waals surface area contributed by atoms with Crippen LogP contribution < -0.4 is 5.32 Å². The number of carbonyl (C=O) groups is 2. The Balaban J connectivity index is 1.96. The smallest absolute Gasteiger partial charge is 0.338 e. The van der Waals surface area contributed by atoms with E-state index < -0.39 is 5.97 Å². The highest BCUT2D eigenvalue weighted by molar-refractivity contribution is 5.96. The molecule has 0 saturated carbocycles. The first-order chi connectivity index (χ1) is 10.5. The van der Waals surface area contributed by atoms with Crippen LogP contribution in [0.2, 0.25) is 0 Å². The van der Waals surface area contributed by atoms with Gasteiger partial charge in [-0.05, 0) is 43.5 Å². The van der Waals surface area contributed by atoms with Gasteiger partial charge in [-0.25, -0.2) is 4.79 Å². The molecule has 0 aliphatic heterocycles. The fraction of sp³-hybridized carbons (Fsp3) is 0.222. The van der Waals surface area contributed by atoms with Crippen LogP contribution in [0.15, 0.2) is 42.5 Å². The number of anilines is 1. The molecule has 1 amide bonds. The van der Waals surface area contributed by atoms with E-state index in [1.165, 1.54) is 0 Å². The summed E-state index contributed by atoms with van der Waals surface area (Å²) >= 11 is 0. The number of nitrogens with one attached hydrogen (secondary N) is 1. The predicted octanol–water partition coefficient (Wildman–Crippen LogP) is 3.41. The van der Waals surface area contributed by atoms with Crippen LogP contribution in [0.1, 0.15) is 27.0 Å². The summed E-state index contributed by atoms with van der Waals surface area (Å²) < 4.78 is 5.07. The standard InChI is InChI=1S/C18H19NO3/c1-12-7-4-5-10-15(12)18(21)22-11-16(20)19-17-13(2)8-6-9-14(17)3/h4-10H,11H2,1-3H3,(H,19,20). The van der Waals surface area contributed by atoms with Gasteiger partial charge < -0.3 is 10.1 Å². The molecule has 2 aromatic carbocycles. The first-order valence-corrected chi connectivity index (χ1v) is 7.08. The molecular weight excluding hydrogens is 278 g/mol. The third kappa shape index (κ3) is 3.73. The molecule has 0 unspecified atom stereocenters. The Labute approximate surface area is 130 Å². The molecule has 0 bridgehead atoms. The summed E-state index contributed by atoms with van der Waals surface area (Å²) in [5, 5.41) is 2.78. The second-order valence-corrected chi connectivity index (χ2v) is 5.21. The van der Waals surface area contributed by atoms with Gasteiger partial charge in [-0.2, -0.15) is 0 Å². The molecule has 114 valence electrons. The van der Waals surface area contributed by atoms with Gasteiger partial charge in [0.25, 0.3) is 5.91 Å². The van der Waals surface area contributed by atoms with Crippen LogP contribution in [0.3, 0.4) is 0 Å². The number of hydrogen-bond acceptors (Lipinski definition) is 3. The van der Waals surface area contributed by atoms with Crippen LogP contribution in [-0.2, 0) is 9.53 Å². The number of aryl methyl sites for hydroxylation is 3. The second kappa shape index (κ2) is 6.89. The van der Waals surface area contributed by atoms with Crippen molar-refractivity contribution in [3.8, 4) is 0 Å². The van der Waals surface area contributed by atoms with Crippen LogP contribution >= 0.6 is 0 Å². The van der Waals surface area contributed by atoms with E-state index in [-0.39, 0.29) is 12.5 Å². The molecule has 0 atom stereocenters. The maximum Gasteiger partial charge on any atom is 0.338 e. The van der Waals surface area contributed by atoms with Crippen molar-refractivity contribution in [3.05, 3.63) is 64.7 Å².